The van der Waals surface area contributed by atoms with Gasteiger partial charge in [-0.05, 0) is 32.9 Å². The summed E-state index contributed by atoms with van der Waals surface area (Å²) in [6.07, 6.45) is -0.256. The Labute approximate surface area is 111 Å². The summed E-state index contributed by atoms with van der Waals surface area (Å²) in [6.45, 7) is 5.07. The quantitative estimate of drug-likeness (QED) is 0.850. The van der Waals surface area contributed by atoms with Crippen LogP contribution in [0.3, 0.4) is 0 Å². The molecule has 0 saturated heterocycles. The van der Waals surface area contributed by atoms with Crippen LogP contribution in [0, 0.1) is 5.82 Å². The summed E-state index contributed by atoms with van der Waals surface area (Å²) in [5, 5.41) is 9.37. The number of hydrogen-bond donors (Lipinski definition) is 1. The normalized spacial score (nSPS) is 18.4. The number of amides is 1. The van der Waals surface area contributed by atoms with E-state index >= 15 is 0 Å². The van der Waals surface area contributed by atoms with Gasteiger partial charge in [0.05, 0.1) is 18.3 Å². The molecule has 0 spiro atoms. The van der Waals surface area contributed by atoms with Gasteiger partial charge >= 0.3 is 6.09 Å². The third-order valence-corrected chi connectivity index (χ3v) is 2.96. The van der Waals surface area contributed by atoms with Crippen molar-refractivity contribution in [2.45, 2.75) is 38.8 Å². The maximum Gasteiger partial charge on any atom is 0.415 e. The Morgan fingerprint density at radius 1 is 1.53 bits per heavy atom. The lowest BCUT2D eigenvalue weighted by Crippen LogP contribution is -2.43. The highest BCUT2D eigenvalue weighted by atomic mass is 19.1. The highest BCUT2D eigenvalue weighted by molar-refractivity contribution is 5.91. The Hall–Kier alpha value is -1.62. The number of aliphatic hydroxyl groups is 1. The van der Waals surface area contributed by atoms with E-state index in [1.165, 1.54) is 11.0 Å². The van der Waals surface area contributed by atoms with Gasteiger partial charge in [-0.25, -0.2) is 9.18 Å². The van der Waals surface area contributed by atoms with Crippen molar-refractivity contribution < 1.29 is 19.0 Å². The second kappa shape index (κ2) is 4.81. The fourth-order valence-corrected chi connectivity index (χ4v) is 2.20. The van der Waals surface area contributed by atoms with Crippen LogP contribution in [0.5, 0.6) is 0 Å². The molecule has 2 rings (SSSR count). The van der Waals surface area contributed by atoms with Crippen LogP contribution in [0.1, 0.15) is 26.3 Å². The molecule has 104 valence electrons. The second-order valence-electron chi connectivity index (χ2n) is 5.63. The van der Waals surface area contributed by atoms with Crippen LogP contribution in [-0.4, -0.2) is 29.4 Å². The molecule has 0 radical (unpaired) electrons. The SMILES string of the molecule is CC(C)(C)OC(=O)N1c2cccc(F)c2C[C@@H]1CO. The number of halogens is 1. The van der Waals surface area contributed by atoms with Crippen LogP contribution < -0.4 is 4.90 Å². The summed E-state index contributed by atoms with van der Waals surface area (Å²) in [5.41, 5.74) is 0.299. The molecule has 1 atom stereocenters. The lowest BCUT2D eigenvalue weighted by Gasteiger charge is -2.28. The first kappa shape index (κ1) is 13.8. The number of anilines is 1. The van der Waals surface area contributed by atoms with Crippen LogP contribution in [-0.2, 0) is 11.2 Å². The summed E-state index contributed by atoms with van der Waals surface area (Å²) in [7, 11) is 0. The Morgan fingerprint density at radius 3 is 2.79 bits per heavy atom. The van der Waals surface area contributed by atoms with Gasteiger partial charge in [0, 0.05) is 12.0 Å². The molecule has 0 unspecified atom stereocenters. The number of hydrogen-bond acceptors (Lipinski definition) is 3. The third kappa shape index (κ3) is 2.71. The monoisotopic (exact) mass is 267 g/mol. The van der Waals surface area contributed by atoms with Crippen LogP contribution in [0.25, 0.3) is 0 Å². The van der Waals surface area contributed by atoms with Crippen molar-refractivity contribution in [3.8, 4) is 0 Å². The van der Waals surface area contributed by atoms with Gasteiger partial charge in [0.2, 0.25) is 0 Å². The molecular weight excluding hydrogens is 249 g/mol. The van der Waals surface area contributed by atoms with Crippen molar-refractivity contribution in [1.82, 2.24) is 0 Å². The maximum absolute atomic E-state index is 13.7. The van der Waals surface area contributed by atoms with Crippen molar-refractivity contribution >= 4 is 11.8 Å². The molecule has 1 amide bonds. The molecule has 0 bridgehead atoms. The van der Waals surface area contributed by atoms with Gasteiger partial charge in [0.1, 0.15) is 11.4 Å². The number of nitrogens with zero attached hydrogens (tertiary/aromatic N) is 1. The summed E-state index contributed by atoms with van der Waals surface area (Å²) in [4.78, 5) is 13.5. The molecule has 5 heteroatoms. The summed E-state index contributed by atoms with van der Waals surface area (Å²) < 4.78 is 19.0. The minimum absolute atomic E-state index is 0.229. The van der Waals surface area contributed by atoms with Gasteiger partial charge in [0.15, 0.2) is 0 Å². The van der Waals surface area contributed by atoms with Crippen LogP contribution in [0.15, 0.2) is 18.2 Å². The average Bonchev–Trinajstić information content (AvgIpc) is 2.66. The molecule has 0 aromatic heterocycles. The standard InChI is InChI=1S/C14H18FNO3/c1-14(2,3)19-13(18)16-9(8-17)7-10-11(15)5-4-6-12(10)16/h4-6,9,17H,7-8H2,1-3H3/t9-/m1/s1. The number of rotatable bonds is 1. The van der Waals surface area contributed by atoms with Gasteiger partial charge in [0.25, 0.3) is 0 Å². The van der Waals surface area contributed by atoms with Crippen LogP contribution in [0.2, 0.25) is 0 Å². The molecule has 19 heavy (non-hydrogen) atoms. The Bertz CT molecular complexity index is 496. The number of benzene rings is 1. The van der Waals surface area contributed by atoms with Crippen molar-refractivity contribution in [2.75, 3.05) is 11.5 Å². The smallest absolute Gasteiger partial charge is 0.415 e. The molecular formula is C14H18FNO3. The average molecular weight is 267 g/mol. The largest absolute Gasteiger partial charge is 0.443 e. The molecule has 1 aromatic rings. The van der Waals surface area contributed by atoms with E-state index in [0.717, 1.165) is 0 Å². The molecule has 1 aromatic carbocycles. The topological polar surface area (TPSA) is 49.8 Å². The number of carbonyl (C=O) groups excluding carboxylic acids is 1. The van der Waals surface area contributed by atoms with E-state index in [1.807, 2.05) is 0 Å². The van der Waals surface area contributed by atoms with E-state index < -0.39 is 17.7 Å². The molecule has 1 aliphatic rings. The zero-order valence-corrected chi connectivity index (χ0v) is 11.3. The first-order chi connectivity index (χ1) is 8.83. The van der Waals surface area contributed by atoms with Crippen molar-refractivity contribution in [3.63, 3.8) is 0 Å². The van der Waals surface area contributed by atoms with Crippen LogP contribution in [0.4, 0.5) is 14.9 Å². The van der Waals surface area contributed by atoms with Crippen LogP contribution >= 0.6 is 0 Å². The summed E-state index contributed by atoms with van der Waals surface area (Å²) >= 11 is 0. The fourth-order valence-electron chi connectivity index (χ4n) is 2.20. The lowest BCUT2D eigenvalue weighted by molar-refractivity contribution is 0.0557. The molecule has 1 aliphatic heterocycles. The summed E-state index contributed by atoms with van der Waals surface area (Å²) in [5.74, 6) is -0.359. The minimum atomic E-state index is -0.632. The fraction of sp³-hybridized carbons (Fsp3) is 0.500. The number of carbonyl (C=O) groups is 1. The first-order valence-electron chi connectivity index (χ1n) is 6.24. The van der Waals surface area contributed by atoms with Gasteiger partial charge in [-0.3, -0.25) is 4.90 Å². The second-order valence-corrected chi connectivity index (χ2v) is 5.63. The molecule has 1 N–H and O–H groups in total. The van der Waals surface area contributed by atoms with E-state index in [4.69, 9.17) is 4.74 Å². The Balaban J connectivity index is 2.34. The molecule has 4 nitrogen and oxygen atoms in total. The number of ether oxygens (including phenoxy) is 1. The van der Waals surface area contributed by atoms with Crippen molar-refractivity contribution in [3.05, 3.63) is 29.6 Å². The summed E-state index contributed by atoms with van der Waals surface area (Å²) in [6, 6.07) is 4.09. The van der Waals surface area contributed by atoms with Gasteiger partial charge in [-0.15, -0.1) is 0 Å². The van der Waals surface area contributed by atoms with E-state index in [0.29, 0.717) is 17.7 Å². The minimum Gasteiger partial charge on any atom is -0.443 e. The lowest BCUT2D eigenvalue weighted by atomic mass is 10.1. The molecule has 0 saturated carbocycles. The van der Waals surface area contributed by atoms with Gasteiger partial charge < -0.3 is 9.84 Å². The predicted octanol–water partition coefficient (Wildman–Crippen LogP) is 2.48. The Morgan fingerprint density at radius 2 is 2.21 bits per heavy atom. The van der Waals surface area contributed by atoms with E-state index in [9.17, 15) is 14.3 Å². The zero-order valence-electron chi connectivity index (χ0n) is 11.3. The number of fused-ring (bicyclic) bond motifs is 1. The predicted molar refractivity (Wildman–Crippen MR) is 69.7 cm³/mol. The maximum atomic E-state index is 13.7. The van der Waals surface area contributed by atoms with E-state index in [1.54, 1.807) is 32.9 Å². The molecule has 0 fully saturated rings. The molecule has 0 aliphatic carbocycles. The first-order valence-corrected chi connectivity index (χ1v) is 6.24. The Kier molecular flexibility index (Phi) is 3.49. The van der Waals surface area contributed by atoms with Crippen molar-refractivity contribution in [1.29, 1.82) is 0 Å². The third-order valence-electron chi connectivity index (χ3n) is 2.96. The zero-order chi connectivity index (χ0) is 14.2. The van der Waals surface area contributed by atoms with E-state index in [2.05, 4.69) is 0 Å². The van der Waals surface area contributed by atoms with E-state index in [-0.39, 0.29) is 12.4 Å². The highest BCUT2D eigenvalue weighted by Gasteiger charge is 2.37. The number of aliphatic hydroxyl groups excluding tert-OH is 1. The van der Waals surface area contributed by atoms with Crippen molar-refractivity contribution in [2.24, 2.45) is 0 Å². The van der Waals surface area contributed by atoms with Gasteiger partial charge in [-0.2, -0.15) is 0 Å². The molecule has 1 heterocycles. The van der Waals surface area contributed by atoms with Gasteiger partial charge in [-0.1, -0.05) is 6.07 Å². The highest BCUT2D eigenvalue weighted by Crippen LogP contribution is 2.34.